The summed E-state index contributed by atoms with van der Waals surface area (Å²) in [5.41, 5.74) is 1.06. The highest BCUT2D eigenvalue weighted by Crippen LogP contribution is 2.61. The summed E-state index contributed by atoms with van der Waals surface area (Å²) in [6, 6.07) is 5.38. The summed E-state index contributed by atoms with van der Waals surface area (Å²) in [5.74, 6) is 2.66. The van der Waals surface area contributed by atoms with E-state index in [4.69, 9.17) is 11.6 Å². The maximum atomic E-state index is 13.9. The lowest BCUT2D eigenvalue weighted by molar-refractivity contribution is -0.0707. The summed E-state index contributed by atoms with van der Waals surface area (Å²) in [6.07, 6.45) is 8.51. The van der Waals surface area contributed by atoms with Gasteiger partial charge in [-0.25, -0.2) is 4.39 Å². The van der Waals surface area contributed by atoms with Gasteiger partial charge in [0, 0.05) is 23.2 Å². The minimum absolute atomic E-state index is 0.197. The van der Waals surface area contributed by atoms with E-state index >= 15 is 0 Å². The Hall–Kier alpha value is -0.600. The molecule has 4 aliphatic rings. The first kappa shape index (κ1) is 15.0. The van der Waals surface area contributed by atoms with Crippen molar-refractivity contribution >= 4 is 11.6 Å². The quantitative estimate of drug-likeness (QED) is 0.806. The molecule has 4 aliphatic carbocycles. The summed E-state index contributed by atoms with van der Waals surface area (Å²) in [5, 5.41) is 4.15. The van der Waals surface area contributed by atoms with Crippen molar-refractivity contribution < 1.29 is 4.39 Å². The number of hydrogen-bond donors (Lipinski definition) is 1. The van der Waals surface area contributed by atoms with Crippen LogP contribution in [0, 0.1) is 29.0 Å². The van der Waals surface area contributed by atoms with Crippen molar-refractivity contribution in [2.45, 2.75) is 58.0 Å². The first-order valence-corrected chi connectivity index (χ1v) is 9.10. The average molecular weight is 322 g/mol. The molecule has 1 unspecified atom stereocenters. The third-order valence-electron chi connectivity index (χ3n) is 6.65. The van der Waals surface area contributed by atoms with Crippen LogP contribution in [0.4, 0.5) is 4.39 Å². The van der Waals surface area contributed by atoms with E-state index in [9.17, 15) is 4.39 Å². The van der Waals surface area contributed by atoms with Crippen molar-refractivity contribution in [3.8, 4) is 0 Å². The van der Waals surface area contributed by atoms with Crippen LogP contribution >= 0.6 is 11.6 Å². The molecule has 1 aromatic carbocycles. The van der Waals surface area contributed by atoms with E-state index in [0.29, 0.717) is 28.6 Å². The second-order valence-electron chi connectivity index (χ2n) is 8.08. The van der Waals surface area contributed by atoms with E-state index in [1.165, 1.54) is 44.6 Å². The van der Waals surface area contributed by atoms with Crippen LogP contribution in [-0.2, 0) is 6.54 Å². The Labute approximate surface area is 137 Å². The summed E-state index contributed by atoms with van der Waals surface area (Å²) in [7, 11) is 0. The van der Waals surface area contributed by atoms with Gasteiger partial charge in [-0.3, -0.25) is 0 Å². The molecule has 22 heavy (non-hydrogen) atoms. The molecule has 0 amide bonds. The summed E-state index contributed by atoms with van der Waals surface area (Å²) in [4.78, 5) is 0. The first-order valence-electron chi connectivity index (χ1n) is 8.72. The molecular weight excluding hydrogens is 297 g/mol. The summed E-state index contributed by atoms with van der Waals surface area (Å²) < 4.78 is 13.9. The van der Waals surface area contributed by atoms with E-state index in [2.05, 4.69) is 12.2 Å². The van der Waals surface area contributed by atoms with Crippen LogP contribution in [0.2, 0.25) is 5.02 Å². The number of rotatable bonds is 4. The SMILES string of the molecule is CC(NCc1c(F)cccc1Cl)C12CC3CC(CC(C3)C1)C2. The van der Waals surface area contributed by atoms with Crippen molar-refractivity contribution in [2.24, 2.45) is 23.2 Å². The highest BCUT2D eigenvalue weighted by molar-refractivity contribution is 6.31. The maximum absolute atomic E-state index is 13.9. The molecule has 4 fully saturated rings. The number of nitrogens with one attached hydrogen (secondary N) is 1. The van der Waals surface area contributed by atoms with Gasteiger partial charge in [0.1, 0.15) is 5.82 Å². The van der Waals surface area contributed by atoms with Crippen LogP contribution in [0.1, 0.15) is 51.0 Å². The van der Waals surface area contributed by atoms with Crippen LogP contribution in [0.25, 0.3) is 0 Å². The van der Waals surface area contributed by atoms with E-state index in [1.807, 2.05) is 0 Å². The van der Waals surface area contributed by atoms with Crippen LogP contribution in [0.3, 0.4) is 0 Å². The highest BCUT2D eigenvalue weighted by Gasteiger charge is 2.52. The predicted molar refractivity (Wildman–Crippen MR) is 88.3 cm³/mol. The fourth-order valence-electron chi connectivity index (χ4n) is 5.88. The van der Waals surface area contributed by atoms with E-state index < -0.39 is 0 Å². The lowest BCUT2D eigenvalue weighted by Gasteiger charge is -2.59. The van der Waals surface area contributed by atoms with Gasteiger partial charge >= 0.3 is 0 Å². The molecule has 1 atom stereocenters. The lowest BCUT2D eigenvalue weighted by Crippen LogP contribution is -2.54. The van der Waals surface area contributed by atoms with Gasteiger partial charge in [0.05, 0.1) is 0 Å². The van der Waals surface area contributed by atoms with E-state index in [0.717, 1.165) is 17.8 Å². The smallest absolute Gasteiger partial charge is 0.129 e. The van der Waals surface area contributed by atoms with Crippen molar-refractivity contribution in [2.75, 3.05) is 0 Å². The minimum Gasteiger partial charge on any atom is -0.309 e. The Balaban J connectivity index is 1.47. The zero-order valence-electron chi connectivity index (χ0n) is 13.2. The molecule has 4 bridgehead atoms. The lowest BCUT2D eigenvalue weighted by atomic mass is 9.48. The number of benzene rings is 1. The molecule has 120 valence electrons. The van der Waals surface area contributed by atoms with Crippen molar-refractivity contribution in [1.82, 2.24) is 5.32 Å². The van der Waals surface area contributed by atoms with Crippen molar-refractivity contribution in [3.05, 3.63) is 34.6 Å². The second-order valence-corrected chi connectivity index (χ2v) is 8.49. The molecule has 3 heteroatoms. The van der Waals surface area contributed by atoms with Gasteiger partial charge < -0.3 is 5.32 Å². The Morgan fingerprint density at radius 1 is 1.18 bits per heavy atom. The fourth-order valence-corrected chi connectivity index (χ4v) is 6.11. The molecule has 0 heterocycles. The average Bonchev–Trinajstić information content (AvgIpc) is 2.45. The monoisotopic (exact) mass is 321 g/mol. The molecular formula is C19H25ClFN. The molecule has 0 spiro atoms. The van der Waals surface area contributed by atoms with Gasteiger partial charge in [-0.15, -0.1) is 0 Å². The highest BCUT2D eigenvalue weighted by atomic mass is 35.5. The number of halogens is 2. The Bertz CT molecular complexity index is 515. The summed E-state index contributed by atoms with van der Waals surface area (Å²) >= 11 is 6.15. The topological polar surface area (TPSA) is 12.0 Å². The Morgan fingerprint density at radius 3 is 2.32 bits per heavy atom. The normalized spacial score (nSPS) is 37.5. The third-order valence-corrected chi connectivity index (χ3v) is 7.00. The predicted octanol–water partition coefficient (Wildman–Crippen LogP) is 5.17. The van der Waals surface area contributed by atoms with Gasteiger partial charge in [0.15, 0.2) is 0 Å². The fraction of sp³-hybridized carbons (Fsp3) is 0.684. The molecule has 0 aromatic heterocycles. The number of hydrogen-bond acceptors (Lipinski definition) is 1. The Morgan fingerprint density at radius 2 is 1.77 bits per heavy atom. The third kappa shape index (κ3) is 2.49. The van der Waals surface area contributed by atoms with Crippen LogP contribution in [0.5, 0.6) is 0 Å². The van der Waals surface area contributed by atoms with Crippen LogP contribution in [0.15, 0.2) is 18.2 Å². The molecule has 1 N–H and O–H groups in total. The second kappa shape index (κ2) is 5.49. The zero-order chi connectivity index (χ0) is 15.3. The molecule has 1 aromatic rings. The van der Waals surface area contributed by atoms with Crippen LogP contribution < -0.4 is 5.32 Å². The van der Waals surface area contributed by atoms with Gasteiger partial charge in [0.25, 0.3) is 0 Å². The molecule has 0 aliphatic heterocycles. The first-order chi connectivity index (χ1) is 10.6. The molecule has 5 rings (SSSR count). The van der Waals surface area contributed by atoms with Gasteiger partial charge in [-0.2, -0.15) is 0 Å². The van der Waals surface area contributed by atoms with Crippen LogP contribution in [-0.4, -0.2) is 6.04 Å². The van der Waals surface area contributed by atoms with Gasteiger partial charge in [-0.05, 0) is 80.8 Å². The molecule has 4 saturated carbocycles. The maximum Gasteiger partial charge on any atom is 0.129 e. The van der Waals surface area contributed by atoms with E-state index in [-0.39, 0.29) is 5.82 Å². The van der Waals surface area contributed by atoms with Gasteiger partial charge in [-0.1, -0.05) is 17.7 Å². The largest absolute Gasteiger partial charge is 0.309 e. The molecule has 0 radical (unpaired) electrons. The molecule has 1 nitrogen and oxygen atoms in total. The van der Waals surface area contributed by atoms with Crippen molar-refractivity contribution in [1.29, 1.82) is 0 Å². The minimum atomic E-state index is -0.197. The molecule has 0 saturated heterocycles. The Kier molecular flexibility index (Phi) is 3.73. The van der Waals surface area contributed by atoms with Crippen molar-refractivity contribution in [3.63, 3.8) is 0 Å². The van der Waals surface area contributed by atoms with E-state index in [1.54, 1.807) is 12.1 Å². The summed E-state index contributed by atoms with van der Waals surface area (Å²) in [6.45, 7) is 2.84. The zero-order valence-corrected chi connectivity index (χ0v) is 14.0. The van der Waals surface area contributed by atoms with Gasteiger partial charge in [0.2, 0.25) is 0 Å². The standard InChI is InChI=1S/C19H25ClFN/c1-12(22-11-16-17(20)3-2-4-18(16)21)19-8-13-5-14(9-19)7-15(6-13)10-19/h2-4,12-15,22H,5-11H2,1H3.